The molecular weight excluding hydrogens is 282 g/mol. The lowest BCUT2D eigenvalue weighted by Crippen LogP contribution is -2.36. The molecule has 0 radical (unpaired) electrons. The van der Waals surface area contributed by atoms with Gasteiger partial charge in [0.25, 0.3) is 0 Å². The first-order valence-electron chi connectivity index (χ1n) is 7.08. The molecule has 3 rings (SSSR count). The van der Waals surface area contributed by atoms with Crippen molar-refractivity contribution >= 4 is 23.5 Å². The number of amides is 2. The van der Waals surface area contributed by atoms with Gasteiger partial charge in [-0.05, 0) is 37.1 Å². The first-order chi connectivity index (χ1) is 10.5. The lowest BCUT2D eigenvalue weighted by Gasteiger charge is -2.21. The highest BCUT2D eigenvalue weighted by Gasteiger charge is 2.29. The average molecular weight is 299 g/mol. The Morgan fingerprint density at radius 3 is 3.00 bits per heavy atom. The Kier molecular flexibility index (Phi) is 3.62. The van der Waals surface area contributed by atoms with Gasteiger partial charge in [-0.1, -0.05) is 6.07 Å². The Morgan fingerprint density at radius 2 is 2.23 bits per heavy atom. The number of aromatic nitrogens is 3. The first kappa shape index (κ1) is 14.2. The van der Waals surface area contributed by atoms with E-state index < -0.39 is 5.92 Å². The Hall–Kier alpha value is -2.70. The zero-order valence-corrected chi connectivity index (χ0v) is 12.5. The molecule has 0 saturated heterocycles. The number of carbonyl (C=O) groups excluding carboxylic acids is 2. The van der Waals surface area contributed by atoms with Crippen molar-refractivity contribution in [2.45, 2.75) is 26.8 Å². The fourth-order valence-electron chi connectivity index (χ4n) is 2.41. The van der Waals surface area contributed by atoms with Crippen molar-refractivity contribution in [3.8, 4) is 0 Å². The molecule has 22 heavy (non-hydrogen) atoms. The van der Waals surface area contributed by atoms with Crippen LogP contribution < -0.4 is 10.6 Å². The number of aryl methyl sites for hydroxylation is 2. The lowest BCUT2D eigenvalue weighted by atomic mass is 10.0. The van der Waals surface area contributed by atoms with E-state index in [1.807, 2.05) is 32.0 Å². The van der Waals surface area contributed by atoms with Gasteiger partial charge in [0.2, 0.25) is 17.8 Å². The summed E-state index contributed by atoms with van der Waals surface area (Å²) in [4.78, 5) is 28.0. The topological polar surface area (TPSA) is 88.9 Å². The van der Waals surface area contributed by atoms with Crippen molar-refractivity contribution in [1.29, 1.82) is 0 Å². The zero-order valence-electron chi connectivity index (χ0n) is 12.5. The van der Waals surface area contributed by atoms with Crippen LogP contribution in [0.2, 0.25) is 0 Å². The molecule has 1 aliphatic heterocycles. The molecular formula is C15H17N5O2. The van der Waals surface area contributed by atoms with E-state index in [-0.39, 0.29) is 18.2 Å². The highest BCUT2D eigenvalue weighted by molar-refractivity contribution is 5.98. The van der Waals surface area contributed by atoms with Crippen molar-refractivity contribution in [3.63, 3.8) is 0 Å². The van der Waals surface area contributed by atoms with Gasteiger partial charge in [0.1, 0.15) is 6.33 Å². The summed E-state index contributed by atoms with van der Waals surface area (Å²) >= 11 is 0. The van der Waals surface area contributed by atoms with Crippen LogP contribution in [-0.4, -0.2) is 26.6 Å². The van der Waals surface area contributed by atoms with Gasteiger partial charge >= 0.3 is 0 Å². The third kappa shape index (κ3) is 2.83. The second kappa shape index (κ2) is 5.59. The van der Waals surface area contributed by atoms with E-state index in [2.05, 4.69) is 20.7 Å². The molecule has 7 heteroatoms. The van der Waals surface area contributed by atoms with Crippen LogP contribution in [0.3, 0.4) is 0 Å². The highest BCUT2D eigenvalue weighted by atomic mass is 16.2. The van der Waals surface area contributed by atoms with E-state index in [9.17, 15) is 9.59 Å². The minimum atomic E-state index is -0.444. The highest BCUT2D eigenvalue weighted by Crippen LogP contribution is 2.19. The van der Waals surface area contributed by atoms with Crippen LogP contribution in [-0.2, 0) is 16.1 Å². The van der Waals surface area contributed by atoms with Crippen LogP contribution in [0.5, 0.6) is 0 Å². The van der Waals surface area contributed by atoms with Crippen molar-refractivity contribution in [2.24, 2.45) is 5.92 Å². The molecule has 1 aliphatic rings. The molecule has 0 bridgehead atoms. The number of hydrogen-bond acceptors (Lipinski definition) is 4. The van der Waals surface area contributed by atoms with Crippen LogP contribution in [0.4, 0.5) is 11.6 Å². The molecule has 0 aliphatic carbocycles. The van der Waals surface area contributed by atoms with Gasteiger partial charge in [-0.3, -0.25) is 14.9 Å². The fraction of sp³-hybridized carbons (Fsp3) is 0.333. The van der Waals surface area contributed by atoms with E-state index in [0.717, 1.165) is 11.3 Å². The number of anilines is 2. The van der Waals surface area contributed by atoms with Gasteiger partial charge in [-0.2, -0.15) is 10.1 Å². The van der Waals surface area contributed by atoms with Gasteiger partial charge in [-0.25, -0.2) is 4.68 Å². The van der Waals surface area contributed by atoms with Gasteiger partial charge in [0.15, 0.2) is 0 Å². The van der Waals surface area contributed by atoms with Crippen molar-refractivity contribution < 1.29 is 9.59 Å². The molecule has 0 saturated carbocycles. The summed E-state index contributed by atoms with van der Waals surface area (Å²) in [5, 5.41) is 9.49. The predicted molar refractivity (Wildman–Crippen MR) is 81.3 cm³/mol. The monoisotopic (exact) mass is 299 g/mol. The number of nitrogens with zero attached hydrogens (tertiary/aromatic N) is 3. The molecule has 2 heterocycles. The molecule has 2 amide bonds. The number of carbonyl (C=O) groups is 2. The minimum absolute atomic E-state index is 0.109. The third-order valence-corrected chi connectivity index (χ3v) is 3.84. The van der Waals surface area contributed by atoms with E-state index >= 15 is 0 Å². The Labute approximate surface area is 127 Å². The van der Waals surface area contributed by atoms with Crippen LogP contribution >= 0.6 is 0 Å². The summed E-state index contributed by atoms with van der Waals surface area (Å²) in [5.41, 5.74) is 3.02. The second-order valence-corrected chi connectivity index (χ2v) is 5.50. The molecule has 7 nitrogen and oxygen atoms in total. The Morgan fingerprint density at radius 1 is 1.41 bits per heavy atom. The van der Waals surface area contributed by atoms with Gasteiger partial charge in [-0.15, -0.1) is 0 Å². The number of fused-ring (bicyclic) bond motifs is 1. The van der Waals surface area contributed by atoms with Crippen molar-refractivity contribution in [3.05, 3.63) is 35.7 Å². The molecule has 1 atom stereocenters. The molecule has 0 spiro atoms. The number of benzene rings is 1. The Balaban J connectivity index is 1.64. The van der Waals surface area contributed by atoms with Gasteiger partial charge in [0, 0.05) is 12.1 Å². The summed E-state index contributed by atoms with van der Waals surface area (Å²) in [6.07, 6.45) is 1.49. The molecule has 1 aromatic heterocycles. The average Bonchev–Trinajstić information content (AvgIpc) is 2.90. The van der Waals surface area contributed by atoms with Crippen molar-refractivity contribution in [2.75, 3.05) is 10.6 Å². The van der Waals surface area contributed by atoms with Crippen LogP contribution in [0, 0.1) is 19.8 Å². The second-order valence-electron chi connectivity index (χ2n) is 5.50. The van der Waals surface area contributed by atoms with E-state index in [4.69, 9.17) is 0 Å². The van der Waals surface area contributed by atoms with E-state index in [1.165, 1.54) is 11.9 Å². The molecule has 0 fully saturated rings. The summed E-state index contributed by atoms with van der Waals surface area (Å²) < 4.78 is 1.59. The Bertz CT molecular complexity index is 737. The number of hydrogen-bond donors (Lipinski definition) is 2. The predicted octanol–water partition coefficient (Wildman–Crippen LogP) is 1.49. The quantitative estimate of drug-likeness (QED) is 0.898. The molecule has 0 unspecified atom stereocenters. The smallest absolute Gasteiger partial charge is 0.232 e. The normalized spacial score (nSPS) is 16.8. The van der Waals surface area contributed by atoms with Gasteiger partial charge < -0.3 is 5.32 Å². The largest absolute Gasteiger partial charge is 0.326 e. The SMILES string of the molecule is Cc1ccc(NC(=O)C[C@H]2Cn3ncnc3NC2=O)cc1C. The fourth-order valence-corrected chi connectivity index (χ4v) is 2.41. The molecule has 2 N–H and O–H groups in total. The lowest BCUT2D eigenvalue weighted by molar-refractivity contribution is -0.125. The number of nitrogens with one attached hydrogen (secondary N) is 2. The van der Waals surface area contributed by atoms with Crippen LogP contribution in [0.25, 0.3) is 0 Å². The number of rotatable bonds is 3. The van der Waals surface area contributed by atoms with Crippen molar-refractivity contribution in [1.82, 2.24) is 14.8 Å². The first-order valence-corrected chi connectivity index (χ1v) is 7.08. The van der Waals surface area contributed by atoms with Crippen LogP contribution in [0.15, 0.2) is 24.5 Å². The maximum Gasteiger partial charge on any atom is 0.232 e. The summed E-state index contributed by atoms with van der Waals surface area (Å²) in [7, 11) is 0. The van der Waals surface area contributed by atoms with E-state index in [1.54, 1.807) is 4.68 Å². The van der Waals surface area contributed by atoms with Crippen LogP contribution in [0.1, 0.15) is 17.5 Å². The summed E-state index contributed by atoms with van der Waals surface area (Å²) in [6.45, 7) is 4.37. The third-order valence-electron chi connectivity index (χ3n) is 3.84. The summed E-state index contributed by atoms with van der Waals surface area (Å²) in [5.74, 6) is -0.403. The zero-order chi connectivity index (χ0) is 15.7. The van der Waals surface area contributed by atoms with Gasteiger partial charge in [0.05, 0.1) is 12.5 Å². The maximum atomic E-state index is 12.1. The maximum absolute atomic E-state index is 12.1. The molecule has 114 valence electrons. The summed E-state index contributed by atoms with van der Waals surface area (Å²) in [6, 6.07) is 5.74. The molecule has 1 aromatic carbocycles. The minimum Gasteiger partial charge on any atom is -0.326 e. The standard InChI is InChI=1S/C15H17N5O2/c1-9-3-4-12(5-10(9)2)18-13(21)6-11-7-20-15(16-8-17-20)19-14(11)22/h3-5,8,11H,6-7H2,1-2H3,(H,18,21)(H,16,17,19,22)/t11-/m0/s1. The van der Waals surface area contributed by atoms with E-state index in [0.29, 0.717) is 12.5 Å². The molecule has 2 aromatic rings.